The summed E-state index contributed by atoms with van der Waals surface area (Å²) in [5.41, 5.74) is 1.73. The minimum atomic E-state index is -0.636. The van der Waals surface area contributed by atoms with Crippen LogP contribution in [0, 0.1) is 0 Å². The average molecular weight is 304 g/mol. The molecule has 118 valence electrons. The lowest BCUT2D eigenvalue weighted by atomic mass is 10.0. The zero-order valence-corrected chi connectivity index (χ0v) is 12.7. The summed E-state index contributed by atoms with van der Waals surface area (Å²) in [5, 5.41) is 5.25. The highest BCUT2D eigenvalue weighted by molar-refractivity contribution is 5.94. The van der Waals surface area contributed by atoms with Gasteiger partial charge in [-0.2, -0.15) is 0 Å². The highest BCUT2D eigenvalue weighted by Crippen LogP contribution is 2.23. The number of nitrogens with one attached hydrogen (secondary N) is 2. The Labute approximate surface area is 129 Å². The molecule has 0 unspecified atom stereocenters. The van der Waals surface area contributed by atoms with Gasteiger partial charge in [0.05, 0.1) is 0 Å². The zero-order valence-electron chi connectivity index (χ0n) is 12.7. The first-order chi connectivity index (χ1) is 10.5. The van der Waals surface area contributed by atoms with Gasteiger partial charge >= 0.3 is 5.97 Å². The molecular formula is C16H20N2O4. The van der Waals surface area contributed by atoms with Crippen molar-refractivity contribution in [1.29, 1.82) is 0 Å². The van der Waals surface area contributed by atoms with E-state index in [1.54, 1.807) is 0 Å². The Hall–Kier alpha value is -2.37. The van der Waals surface area contributed by atoms with Crippen molar-refractivity contribution in [3.05, 3.63) is 29.8 Å². The summed E-state index contributed by atoms with van der Waals surface area (Å²) in [6, 6.07) is 6.87. The summed E-state index contributed by atoms with van der Waals surface area (Å²) >= 11 is 0. The molecule has 1 heterocycles. The molecule has 1 aromatic carbocycles. The van der Waals surface area contributed by atoms with E-state index in [0.717, 1.165) is 5.56 Å². The molecule has 1 saturated heterocycles. The summed E-state index contributed by atoms with van der Waals surface area (Å²) in [6.45, 7) is 3.71. The van der Waals surface area contributed by atoms with Crippen molar-refractivity contribution < 1.29 is 19.1 Å². The summed E-state index contributed by atoms with van der Waals surface area (Å²) in [4.78, 5) is 34.6. The number of benzene rings is 1. The lowest BCUT2D eigenvalue weighted by Crippen LogP contribution is -2.36. The van der Waals surface area contributed by atoms with Crippen LogP contribution < -0.4 is 10.6 Å². The Balaban J connectivity index is 1.86. The van der Waals surface area contributed by atoms with Crippen LogP contribution in [0.1, 0.15) is 38.2 Å². The highest BCUT2D eigenvalue weighted by Gasteiger charge is 2.28. The van der Waals surface area contributed by atoms with Crippen molar-refractivity contribution in [3.63, 3.8) is 0 Å². The normalized spacial score (nSPS) is 17.2. The minimum Gasteiger partial charge on any atom is -0.454 e. The Morgan fingerprint density at radius 1 is 1.36 bits per heavy atom. The van der Waals surface area contributed by atoms with Gasteiger partial charge in [0.2, 0.25) is 5.91 Å². The molecule has 0 saturated carbocycles. The molecule has 1 fully saturated rings. The number of anilines is 1. The Morgan fingerprint density at radius 3 is 2.73 bits per heavy atom. The SMILES string of the molecule is CC(C)c1ccccc1NC(=O)COC(=O)[C@H]1CCC(=O)N1. The fourth-order valence-electron chi connectivity index (χ4n) is 2.33. The zero-order chi connectivity index (χ0) is 16.1. The summed E-state index contributed by atoms with van der Waals surface area (Å²) < 4.78 is 4.94. The number of ether oxygens (including phenoxy) is 1. The van der Waals surface area contributed by atoms with Gasteiger partial charge in [0.25, 0.3) is 5.91 Å². The van der Waals surface area contributed by atoms with Crippen molar-refractivity contribution in [2.75, 3.05) is 11.9 Å². The summed E-state index contributed by atoms with van der Waals surface area (Å²) in [7, 11) is 0. The second-order valence-electron chi connectivity index (χ2n) is 5.56. The Bertz CT molecular complexity index is 583. The van der Waals surface area contributed by atoms with Crippen LogP contribution in [0.2, 0.25) is 0 Å². The van der Waals surface area contributed by atoms with E-state index in [1.165, 1.54) is 0 Å². The van der Waals surface area contributed by atoms with Crippen LogP contribution in [-0.2, 0) is 19.1 Å². The number of para-hydroxylation sites is 1. The maximum atomic E-state index is 11.9. The molecule has 1 atom stereocenters. The smallest absolute Gasteiger partial charge is 0.329 e. The second-order valence-corrected chi connectivity index (χ2v) is 5.56. The van der Waals surface area contributed by atoms with E-state index in [1.807, 2.05) is 38.1 Å². The van der Waals surface area contributed by atoms with E-state index in [0.29, 0.717) is 18.5 Å². The van der Waals surface area contributed by atoms with Crippen LogP contribution in [0.15, 0.2) is 24.3 Å². The fraction of sp³-hybridized carbons (Fsp3) is 0.438. The number of carbonyl (C=O) groups is 3. The summed E-state index contributed by atoms with van der Waals surface area (Å²) in [6.07, 6.45) is 0.725. The van der Waals surface area contributed by atoms with E-state index >= 15 is 0 Å². The molecule has 0 radical (unpaired) electrons. The van der Waals surface area contributed by atoms with Crippen LogP contribution in [0.4, 0.5) is 5.69 Å². The Kier molecular flexibility index (Phi) is 5.14. The molecular weight excluding hydrogens is 284 g/mol. The van der Waals surface area contributed by atoms with Crippen LogP contribution in [0.5, 0.6) is 0 Å². The van der Waals surface area contributed by atoms with Crippen molar-refractivity contribution in [3.8, 4) is 0 Å². The van der Waals surface area contributed by atoms with Gasteiger partial charge in [-0.25, -0.2) is 4.79 Å². The number of rotatable bonds is 5. The van der Waals surface area contributed by atoms with Crippen LogP contribution in [-0.4, -0.2) is 30.4 Å². The fourth-order valence-corrected chi connectivity index (χ4v) is 2.33. The molecule has 0 spiro atoms. The topological polar surface area (TPSA) is 84.5 Å². The monoisotopic (exact) mass is 304 g/mol. The molecule has 0 aromatic heterocycles. The predicted octanol–water partition coefficient (Wildman–Crippen LogP) is 1.57. The van der Waals surface area contributed by atoms with Gasteiger partial charge in [-0.1, -0.05) is 32.0 Å². The maximum absolute atomic E-state index is 11.9. The maximum Gasteiger partial charge on any atom is 0.329 e. The summed E-state index contributed by atoms with van der Waals surface area (Å²) in [5.74, 6) is -0.867. The molecule has 6 nitrogen and oxygen atoms in total. The second kappa shape index (κ2) is 7.06. The molecule has 22 heavy (non-hydrogen) atoms. The third-order valence-electron chi connectivity index (χ3n) is 3.48. The van der Waals surface area contributed by atoms with Crippen LogP contribution in [0.25, 0.3) is 0 Å². The van der Waals surface area contributed by atoms with Gasteiger partial charge in [0, 0.05) is 12.1 Å². The third-order valence-corrected chi connectivity index (χ3v) is 3.48. The van der Waals surface area contributed by atoms with E-state index in [9.17, 15) is 14.4 Å². The number of hydrogen-bond donors (Lipinski definition) is 2. The first kappa shape index (κ1) is 16.0. The van der Waals surface area contributed by atoms with Gasteiger partial charge in [-0.3, -0.25) is 9.59 Å². The van der Waals surface area contributed by atoms with E-state index in [2.05, 4.69) is 10.6 Å². The molecule has 0 aliphatic carbocycles. The van der Waals surface area contributed by atoms with Crippen molar-refractivity contribution in [2.45, 2.75) is 38.6 Å². The predicted molar refractivity (Wildman–Crippen MR) is 81.3 cm³/mol. The van der Waals surface area contributed by atoms with E-state index in [4.69, 9.17) is 4.74 Å². The highest BCUT2D eigenvalue weighted by atomic mass is 16.5. The minimum absolute atomic E-state index is 0.169. The van der Waals surface area contributed by atoms with Crippen LogP contribution in [0.3, 0.4) is 0 Å². The lowest BCUT2D eigenvalue weighted by molar-refractivity contribution is -0.149. The molecule has 2 N–H and O–H groups in total. The molecule has 1 aliphatic heterocycles. The standard InChI is InChI=1S/C16H20N2O4/c1-10(2)11-5-3-4-6-12(11)17-15(20)9-22-16(21)13-7-8-14(19)18-13/h3-6,10,13H,7-9H2,1-2H3,(H,17,20)(H,18,19)/t13-/m1/s1. The molecule has 6 heteroatoms. The molecule has 1 aromatic rings. The van der Waals surface area contributed by atoms with Crippen molar-refractivity contribution in [2.24, 2.45) is 0 Å². The van der Waals surface area contributed by atoms with Crippen molar-refractivity contribution >= 4 is 23.5 Å². The van der Waals surface area contributed by atoms with Gasteiger partial charge in [0.1, 0.15) is 6.04 Å². The van der Waals surface area contributed by atoms with E-state index < -0.39 is 17.9 Å². The molecule has 2 rings (SSSR count). The average Bonchev–Trinajstić information content (AvgIpc) is 2.92. The number of amides is 2. The molecule has 1 aliphatic rings. The quantitative estimate of drug-likeness (QED) is 0.809. The first-order valence-corrected chi connectivity index (χ1v) is 7.32. The van der Waals surface area contributed by atoms with Gasteiger partial charge < -0.3 is 15.4 Å². The van der Waals surface area contributed by atoms with E-state index in [-0.39, 0.29) is 18.4 Å². The third kappa shape index (κ3) is 4.07. The van der Waals surface area contributed by atoms with Gasteiger partial charge in [-0.15, -0.1) is 0 Å². The van der Waals surface area contributed by atoms with Crippen molar-refractivity contribution in [1.82, 2.24) is 5.32 Å². The first-order valence-electron chi connectivity index (χ1n) is 7.32. The molecule has 2 amide bonds. The number of hydrogen-bond acceptors (Lipinski definition) is 4. The largest absolute Gasteiger partial charge is 0.454 e. The number of esters is 1. The number of carbonyl (C=O) groups excluding carboxylic acids is 3. The molecule has 0 bridgehead atoms. The van der Waals surface area contributed by atoms with Crippen LogP contribution >= 0.6 is 0 Å². The Morgan fingerprint density at radius 2 is 2.09 bits per heavy atom. The lowest BCUT2D eigenvalue weighted by Gasteiger charge is -2.14. The van der Waals surface area contributed by atoms with Gasteiger partial charge in [0.15, 0.2) is 6.61 Å². The van der Waals surface area contributed by atoms with Gasteiger partial charge in [-0.05, 0) is 24.0 Å².